The second-order valence-electron chi connectivity index (χ2n) is 8.28. The lowest BCUT2D eigenvalue weighted by Crippen LogP contribution is -2.38. The summed E-state index contributed by atoms with van der Waals surface area (Å²) < 4.78 is 21.3. The number of hydrogen-bond acceptors (Lipinski definition) is 6. The molecule has 0 radical (unpaired) electrons. The zero-order valence-electron chi connectivity index (χ0n) is 19.1. The average Bonchev–Trinajstić information content (AvgIpc) is 3.25. The zero-order chi connectivity index (χ0) is 24.2. The standard InChI is InChI=1S/C25H26FN7O2/c26-20-3-1-2-4-21(20)31-25(34)30-18-7-5-17(6-8-18)19-15-33(10-9-32-11-13-35-14-12-32)24-22(19)23(27)28-16-29-24/h1-8,15-16H,9-14H2,(H2,27,28,29)(H2,30,31,34). The molecule has 1 saturated heterocycles. The Kier molecular flexibility index (Phi) is 6.55. The highest BCUT2D eigenvalue weighted by molar-refractivity contribution is 6.02. The van der Waals surface area contributed by atoms with Gasteiger partial charge in [-0.2, -0.15) is 0 Å². The molecule has 35 heavy (non-hydrogen) atoms. The number of morpholine rings is 1. The number of nitrogen functional groups attached to an aromatic ring is 1. The maximum atomic E-state index is 13.8. The van der Waals surface area contributed by atoms with Gasteiger partial charge in [0.15, 0.2) is 0 Å². The molecule has 1 aliphatic rings. The van der Waals surface area contributed by atoms with E-state index in [4.69, 9.17) is 10.5 Å². The molecular weight excluding hydrogens is 449 g/mol. The van der Waals surface area contributed by atoms with Crippen molar-refractivity contribution in [3.05, 3.63) is 66.9 Å². The van der Waals surface area contributed by atoms with Crippen LogP contribution in [0.25, 0.3) is 22.2 Å². The Balaban J connectivity index is 1.34. The van der Waals surface area contributed by atoms with Gasteiger partial charge in [0.25, 0.3) is 0 Å². The first-order valence-electron chi connectivity index (χ1n) is 11.4. The number of carbonyl (C=O) groups is 1. The van der Waals surface area contributed by atoms with Crippen LogP contribution >= 0.6 is 0 Å². The summed E-state index contributed by atoms with van der Waals surface area (Å²) in [6.45, 7) is 5.00. The van der Waals surface area contributed by atoms with Gasteiger partial charge >= 0.3 is 6.03 Å². The van der Waals surface area contributed by atoms with E-state index in [0.717, 1.165) is 61.6 Å². The fourth-order valence-corrected chi connectivity index (χ4v) is 4.19. The average molecular weight is 476 g/mol. The lowest BCUT2D eigenvalue weighted by Gasteiger charge is -2.26. The minimum Gasteiger partial charge on any atom is -0.383 e. The van der Waals surface area contributed by atoms with Gasteiger partial charge in [0, 0.05) is 43.6 Å². The maximum absolute atomic E-state index is 13.8. The predicted molar refractivity (Wildman–Crippen MR) is 134 cm³/mol. The molecule has 0 spiro atoms. The van der Waals surface area contributed by atoms with Gasteiger partial charge in [-0.25, -0.2) is 19.2 Å². The maximum Gasteiger partial charge on any atom is 0.323 e. The highest BCUT2D eigenvalue weighted by Gasteiger charge is 2.17. The molecule has 5 rings (SSSR count). The number of nitrogens with two attached hydrogens (primary N) is 1. The van der Waals surface area contributed by atoms with Crippen molar-refractivity contribution in [1.82, 2.24) is 19.4 Å². The van der Waals surface area contributed by atoms with Crippen molar-refractivity contribution in [3.8, 4) is 11.1 Å². The van der Waals surface area contributed by atoms with E-state index >= 15 is 0 Å². The van der Waals surface area contributed by atoms with Gasteiger partial charge in [-0.05, 0) is 29.8 Å². The molecule has 1 aliphatic heterocycles. The Morgan fingerprint density at radius 1 is 1.03 bits per heavy atom. The Hall–Kier alpha value is -4.02. The smallest absolute Gasteiger partial charge is 0.323 e. The number of amides is 2. The van der Waals surface area contributed by atoms with E-state index in [0.29, 0.717) is 11.5 Å². The third-order valence-corrected chi connectivity index (χ3v) is 6.02. The van der Waals surface area contributed by atoms with Gasteiger partial charge in [0.05, 0.1) is 24.3 Å². The second kappa shape index (κ2) is 10.1. The lowest BCUT2D eigenvalue weighted by atomic mass is 10.1. The fourth-order valence-electron chi connectivity index (χ4n) is 4.19. The summed E-state index contributed by atoms with van der Waals surface area (Å²) in [5, 5.41) is 6.03. The summed E-state index contributed by atoms with van der Waals surface area (Å²) in [5.41, 5.74) is 9.55. The summed E-state index contributed by atoms with van der Waals surface area (Å²) in [6.07, 6.45) is 3.53. The van der Waals surface area contributed by atoms with Crippen LogP contribution in [0.3, 0.4) is 0 Å². The predicted octanol–water partition coefficient (Wildman–Crippen LogP) is 3.80. The molecule has 2 aromatic carbocycles. The van der Waals surface area contributed by atoms with Crippen LogP contribution in [-0.4, -0.2) is 58.3 Å². The Morgan fingerprint density at radius 2 is 1.80 bits per heavy atom. The Bertz CT molecular complexity index is 1330. The quantitative estimate of drug-likeness (QED) is 0.391. The van der Waals surface area contributed by atoms with Crippen LogP contribution in [0.4, 0.5) is 26.4 Å². The van der Waals surface area contributed by atoms with Crippen LogP contribution in [0.5, 0.6) is 0 Å². The number of ether oxygens (including phenoxy) is 1. The SMILES string of the molecule is Nc1ncnc2c1c(-c1ccc(NC(=O)Nc3ccccc3F)cc1)cn2CCN1CCOCC1. The van der Waals surface area contributed by atoms with Gasteiger partial charge in [0.2, 0.25) is 0 Å². The number of fused-ring (bicyclic) bond motifs is 1. The topological polar surface area (TPSA) is 110 Å². The van der Waals surface area contributed by atoms with E-state index in [9.17, 15) is 9.18 Å². The number of benzene rings is 2. The van der Waals surface area contributed by atoms with Gasteiger partial charge in [0.1, 0.15) is 23.6 Å². The first-order chi connectivity index (χ1) is 17.1. The molecule has 3 heterocycles. The van der Waals surface area contributed by atoms with E-state index in [-0.39, 0.29) is 5.69 Å². The van der Waals surface area contributed by atoms with Gasteiger partial charge in [-0.3, -0.25) is 4.90 Å². The molecular formula is C25H26FN7O2. The number of anilines is 3. The van der Waals surface area contributed by atoms with Gasteiger partial charge in [-0.15, -0.1) is 0 Å². The van der Waals surface area contributed by atoms with Crippen LogP contribution in [-0.2, 0) is 11.3 Å². The summed E-state index contributed by atoms with van der Waals surface area (Å²) in [7, 11) is 0. The van der Waals surface area contributed by atoms with Crippen molar-refractivity contribution < 1.29 is 13.9 Å². The molecule has 2 amide bonds. The van der Waals surface area contributed by atoms with E-state index in [1.807, 2.05) is 18.3 Å². The van der Waals surface area contributed by atoms with Crippen molar-refractivity contribution in [2.75, 3.05) is 49.2 Å². The number of nitrogens with zero attached hydrogens (tertiary/aromatic N) is 4. The molecule has 10 heteroatoms. The zero-order valence-corrected chi connectivity index (χ0v) is 19.1. The highest BCUT2D eigenvalue weighted by Crippen LogP contribution is 2.33. The molecule has 0 aliphatic carbocycles. The first kappa shape index (κ1) is 22.8. The molecule has 1 fully saturated rings. The first-order valence-corrected chi connectivity index (χ1v) is 11.4. The third-order valence-electron chi connectivity index (χ3n) is 6.02. The number of halogens is 1. The monoisotopic (exact) mass is 475 g/mol. The summed E-state index contributed by atoms with van der Waals surface area (Å²) in [6, 6.07) is 12.8. The highest BCUT2D eigenvalue weighted by atomic mass is 19.1. The van der Waals surface area contributed by atoms with Crippen LogP contribution in [0.15, 0.2) is 61.1 Å². The summed E-state index contributed by atoms with van der Waals surface area (Å²) >= 11 is 0. The van der Waals surface area contributed by atoms with Gasteiger partial charge in [-0.1, -0.05) is 24.3 Å². The fraction of sp³-hybridized carbons (Fsp3) is 0.240. The van der Waals surface area contributed by atoms with Gasteiger partial charge < -0.3 is 25.7 Å². The minimum absolute atomic E-state index is 0.113. The number of rotatable bonds is 6. The van der Waals surface area contributed by atoms with Crippen molar-refractivity contribution >= 4 is 34.3 Å². The van der Waals surface area contributed by atoms with Crippen LogP contribution in [0, 0.1) is 5.82 Å². The third kappa shape index (κ3) is 5.08. The summed E-state index contributed by atoms with van der Waals surface area (Å²) in [4.78, 5) is 23.3. The number of aromatic nitrogens is 3. The molecule has 0 bridgehead atoms. The number of carbonyl (C=O) groups excluding carboxylic acids is 1. The van der Waals surface area contributed by atoms with Crippen molar-refractivity contribution in [2.45, 2.75) is 6.54 Å². The molecule has 180 valence electrons. The number of nitrogens with one attached hydrogen (secondary N) is 2. The van der Waals surface area contributed by atoms with Crippen molar-refractivity contribution in [1.29, 1.82) is 0 Å². The molecule has 0 unspecified atom stereocenters. The molecule has 2 aromatic heterocycles. The minimum atomic E-state index is -0.528. The van der Waals surface area contributed by atoms with E-state index in [2.05, 4.69) is 30.1 Å². The van der Waals surface area contributed by atoms with E-state index in [1.165, 1.54) is 18.5 Å². The molecule has 4 N–H and O–H groups in total. The molecule has 4 aromatic rings. The van der Waals surface area contributed by atoms with E-state index in [1.54, 1.807) is 24.3 Å². The van der Waals surface area contributed by atoms with Crippen LogP contribution in [0.1, 0.15) is 0 Å². The Labute approximate surface area is 201 Å². The molecule has 0 saturated carbocycles. The molecule has 9 nitrogen and oxygen atoms in total. The number of para-hydroxylation sites is 1. The number of urea groups is 1. The van der Waals surface area contributed by atoms with Crippen LogP contribution in [0.2, 0.25) is 0 Å². The second-order valence-corrected chi connectivity index (χ2v) is 8.28. The summed E-state index contributed by atoms with van der Waals surface area (Å²) in [5.74, 6) is -0.0793. The normalized spacial score (nSPS) is 14.2. The Morgan fingerprint density at radius 3 is 2.57 bits per heavy atom. The lowest BCUT2D eigenvalue weighted by molar-refractivity contribution is 0.0365. The largest absolute Gasteiger partial charge is 0.383 e. The number of hydrogen-bond donors (Lipinski definition) is 3. The van der Waals surface area contributed by atoms with Crippen molar-refractivity contribution in [3.63, 3.8) is 0 Å². The molecule has 0 atom stereocenters. The van der Waals surface area contributed by atoms with Crippen molar-refractivity contribution in [2.24, 2.45) is 0 Å². The van der Waals surface area contributed by atoms with Crippen LogP contribution < -0.4 is 16.4 Å². The van der Waals surface area contributed by atoms with E-state index < -0.39 is 11.8 Å².